The Morgan fingerprint density at radius 1 is 1.06 bits per heavy atom. The predicted octanol–water partition coefficient (Wildman–Crippen LogP) is 4.87. The molecule has 4 rings (SSSR count). The van der Waals surface area contributed by atoms with Gasteiger partial charge in [-0.05, 0) is 58.6 Å². The highest BCUT2D eigenvalue weighted by Gasteiger charge is 2.30. The Morgan fingerprint density at radius 3 is 2.56 bits per heavy atom. The first kappa shape index (κ1) is 21.7. The van der Waals surface area contributed by atoms with E-state index in [-0.39, 0.29) is 17.7 Å². The van der Waals surface area contributed by atoms with Crippen molar-refractivity contribution in [3.8, 4) is 17.2 Å². The van der Waals surface area contributed by atoms with E-state index in [0.29, 0.717) is 36.5 Å². The molecule has 1 aromatic heterocycles. The van der Waals surface area contributed by atoms with Crippen LogP contribution >= 0.6 is 15.9 Å². The molecule has 0 bridgehead atoms. The molecule has 0 spiro atoms. The highest BCUT2D eigenvalue weighted by Crippen LogP contribution is 2.29. The molecule has 0 aliphatic carbocycles. The largest absolute Gasteiger partial charge is 0.338 e. The summed E-state index contributed by atoms with van der Waals surface area (Å²) in [6.07, 6.45) is 3.09. The number of carbonyl (C=O) groups is 2. The number of piperidine rings is 1. The van der Waals surface area contributed by atoms with Crippen molar-refractivity contribution < 1.29 is 9.59 Å². The molecule has 3 aromatic rings. The van der Waals surface area contributed by atoms with Crippen LogP contribution in [0.25, 0.3) is 11.1 Å². The lowest BCUT2D eigenvalue weighted by atomic mass is 9.93. The van der Waals surface area contributed by atoms with E-state index in [0.717, 1.165) is 22.0 Å². The average molecular weight is 489 g/mol. The van der Waals surface area contributed by atoms with Crippen molar-refractivity contribution in [2.75, 3.05) is 18.4 Å². The molecule has 2 amide bonds. The Balaban J connectivity index is 1.53. The number of amides is 2. The minimum absolute atomic E-state index is 0.132. The number of pyridine rings is 1. The first-order chi connectivity index (χ1) is 15.6. The molecule has 1 fully saturated rings. The van der Waals surface area contributed by atoms with Gasteiger partial charge in [-0.15, -0.1) is 0 Å². The van der Waals surface area contributed by atoms with Gasteiger partial charge >= 0.3 is 0 Å². The average Bonchev–Trinajstić information content (AvgIpc) is 2.85. The van der Waals surface area contributed by atoms with Gasteiger partial charge in [-0.2, -0.15) is 5.26 Å². The molecule has 1 aliphatic heterocycles. The fraction of sp³-hybridized carbons (Fsp3) is 0.200. The fourth-order valence-corrected chi connectivity index (χ4v) is 4.18. The summed E-state index contributed by atoms with van der Waals surface area (Å²) in [6.45, 7) is 0.933. The van der Waals surface area contributed by atoms with Crippen molar-refractivity contribution in [1.29, 1.82) is 5.26 Å². The van der Waals surface area contributed by atoms with Crippen LogP contribution in [-0.2, 0) is 4.79 Å². The summed E-state index contributed by atoms with van der Waals surface area (Å²) >= 11 is 3.33. The molecule has 1 aliphatic rings. The number of anilines is 1. The van der Waals surface area contributed by atoms with Gasteiger partial charge in [0.2, 0.25) is 5.91 Å². The van der Waals surface area contributed by atoms with Gasteiger partial charge in [0.15, 0.2) is 0 Å². The second-order valence-corrected chi connectivity index (χ2v) is 8.56. The highest BCUT2D eigenvalue weighted by atomic mass is 79.9. The summed E-state index contributed by atoms with van der Waals surface area (Å²) in [7, 11) is 0. The van der Waals surface area contributed by atoms with E-state index in [1.165, 1.54) is 0 Å². The lowest BCUT2D eigenvalue weighted by Gasteiger charge is -2.32. The zero-order valence-corrected chi connectivity index (χ0v) is 18.9. The van der Waals surface area contributed by atoms with Crippen LogP contribution in [0.1, 0.15) is 28.8 Å². The number of halogens is 1. The maximum absolute atomic E-state index is 13.5. The smallest absolute Gasteiger partial charge is 0.254 e. The molecule has 0 saturated carbocycles. The maximum Gasteiger partial charge on any atom is 0.254 e. The topological polar surface area (TPSA) is 86.1 Å². The zero-order chi connectivity index (χ0) is 22.5. The molecule has 2 heterocycles. The molecule has 1 saturated heterocycles. The first-order valence-corrected chi connectivity index (χ1v) is 11.2. The van der Waals surface area contributed by atoms with Crippen molar-refractivity contribution >= 4 is 33.6 Å². The van der Waals surface area contributed by atoms with Gasteiger partial charge in [0.25, 0.3) is 5.91 Å². The Kier molecular flexibility index (Phi) is 6.62. The van der Waals surface area contributed by atoms with E-state index in [1.807, 2.05) is 36.4 Å². The number of benzene rings is 2. The van der Waals surface area contributed by atoms with Crippen molar-refractivity contribution in [1.82, 2.24) is 9.88 Å². The van der Waals surface area contributed by atoms with Crippen molar-refractivity contribution in [3.63, 3.8) is 0 Å². The first-order valence-electron chi connectivity index (χ1n) is 10.4. The third-order valence-corrected chi connectivity index (χ3v) is 6.02. The number of hydrogen-bond acceptors (Lipinski definition) is 4. The SMILES string of the molecule is N#Cc1ccccc1-c1ccccc1C(=O)N1CCCC(C(=O)Nc2ccc(Br)cn2)C1. The van der Waals surface area contributed by atoms with Crippen LogP contribution in [0.15, 0.2) is 71.3 Å². The van der Waals surface area contributed by atoms with Crippen LogP contribution in [-0.4, -0.2) is 34.8 Å². The monoisotopic (exact) mass is 488 g/mol. The van der Waals surface area contributed by atoms with Gasteiger partial charge in [0, 0.05) is 34.9 Å². The van der Waals surface area contributed by atoms with Crippen LogP contribution in [0.2, 0.25) is 0 Å². The van der Waals surface area contributed by atoms with Gasteiger partial charge in [0.05, 0.1) is 17.6 Å². The normalized spacial score (nSPS) is 15.6. The summed E-state index contributed by atoms with van der Waals surface area (Å²) in [5.41, 5.74) is 2.50. The van der Waals surface area contributed by atoms with Gasteiger partial charge in [-0.25, -0.2) is 4.98 Å². The second kappa shape index (κ2) is 9.75. The Morgan fingerprint density at radius 2 is 1.81 bits per heavy atom. The van der Waals surface area contributed by atoms with Gasteiger partial charge in [0.1, 0.15) is 5.82 Å². The van der Waals surface area contributed by atoms with Gasteiger partial charge < -0.3 is 10.2 Å². The molecular weight excluding hydrogens is 468 g/mol. The molecule has 2 aromatic carbocycles. The van der Waals surface area contributed by atoms with E-state index >= 15 is 0 Å². The zero-order valence-electron chi connectivity index (χ0n) is 17.3. The number of rotatable bonds is 4. The van der Waals surface area contributed by atoms with Crippen molar-refractivity contribution in [2.24, 2.45) is 5.92 Å². The molecule has 1 unspecified atom stereocenters. The molecule has 1 atom stereocenters. The highest BCUT2D eigenvalue weighted by molar-refractivity contribution is 9.10. The van der Waals surface area contributed by atoms with Crippen LogP contribution in [0.5, 0.6) is 0 Å². The second-order valence-electron chi connectivity index (χ2n) is 7.64. The summed E-state index contributed by atoms with van der Waals surface area (Å²) in [6, 6.07) is 20.3. The Hall–Kier alpha value is -3.50. The van der Waals surface area contributed by atoms with Gasteiger partial charge in [-0.3, -0.25) is 9.59 Å². The molecule has 7 heteroatoms. The van der Waals surface area contributed by atoms with E-state index in [1.54, 1.807) is 35.4 Å². The quantitative estimate of drug-likeness (QED) is 0.567. The number of aromatic nitrogens is 1. The Bertz CT molecular complexity index is 1190. The van der Waals surface area contributed by atoms with E-state index in [4.69, 9.17) is 0 Å². The summed E-state index contributed by atoms with van der Waals surface area (Å²) < 4.78 is 0.835. The van der Waals surface area contributed by atoms with E-state index < -0.39 is 0 Å². The predicted molar refractivity (Wildman–Crippen MR) is 126 cm³/mol. The Labute approximate surface area is 195 Å². The van der Waals surface area contributed by atoms with Crippen molar-refractivity contribution in [3.05, 3.63) is 82.5 Å². The third-order valence-electron chi connectivity index (χ3n) is 5.55. The minimum atomic E-state index is -0.309. The standard InChI is InChI=1S/C25H21BrN4O2/c26-19-11-12-23(28-15-19)29-24(31)18-7-5-13-30(16-18)25(32)22-10-4-3-9-21(22)20-8-2-1-6-17(20)14-27/h1-4,6,8-12,15,18H,5,7,13,16H2,(H,28,29,31). The van der Waals surface area contributed by atoms with Crippen LogP contribution in [0, 0.1) is 17.2 Å². The van der Waals surface area contributed by atoms with E-state index in [9.17, 15) is 14.9 Å². The number of nitrogens with zero attached hydrogens (tertiary/aromatic N) is 3. The molecule has 6 nitrogen and oxygen atoms in total. The van der Waals surface area contributed by atoms with Crippen molar-refractivity contribution in [2.45, 2.75) is 12.8 Å². The molecule has 32 heavy (non-hydrogen) atoms. The van der Waals surface area contributed by atoms with Crippen LogP contribution < -0.4 is 5.32 Å². The van der Waals surface area contributed by atoms with E-state index in [2.05, 4.69) is 32.3 Å². The molecule has 0 radical (unpaired) electrons. The molecular formula is C25H21BrN4O2. The number of likely N-dealkylation sites (tertiary alicyclic amines) is 1. The third kappa shape index (κ3) is 4.71. The minimum Gasteiger partial charge on any atom is -0.338 e. The van der Waals surface area contributed by atoms with Crippen LogP contribution in [0.4, 0.5) is 5.82 Å². The lowest BCUT2D eigenvalue weighted by Crippen LogP contribution is -2.44. The number of carbonyl (C=O) groups excluding carboxylic acids is 2. The number of nitrogens with one attached hydrogen (secondary N) is 1. The van der Waals surface area contributed by atoms with Crippen LogP contribution in [0.3, 0.4) is 0 Å². The summed E-state index contributed by atoms with van der Waals surface area (Å²) in [5.74, 6) is -0.0927. The number of nitriles is 1. The summed E-state index contributed by atoms with van der Waals surface area (Å²) in [4.78, 5) is 32.2. The molecule has 160 valence electrons. The summed E-state index contributed by atoms with van der Waals surface area (Å²) in [5, 5.41) is 12.3. The fourth-order valence-electron chi connectivity index (χ4n) is 3.94. The van der Waals surface area contributed by atoms with Gasteiger partial charge in [-0.1, -0.05) is 36.4 Å². The molecule has 1 N–H and O–H groups in total. The maximum atomic E-state index is 13.5. The lowest BCUT2D eigenvalue weighted by molar-refractivity contribution is -0.121. The number of hydrogen-bond donors (Lipinski definition) is 1.